The predicted molar refractivity (Wildman–Crippen MR) is 81.1 cm³/mol. The average molecular weight is 301 g/mol. The number of nitrogens with one attached hydrogen (secondary N) is 2. The molecule has 0 bridgehead atoms. The lowest BCUT2D eigenvalue weighted by atomic mass is 10.1. The van der Waals surface area contributed by atoms with Gasteiger partial charge in [0.2, 0.25) is 0 Å². The standard InChI is InChI=1S/C15H13ClN4O/c1-18-14-13(16)6-12(9-19-14)15(21)20-8-11-4-2-10(7-17)3-5-11/h2-6,9H,8H2,1H3,(H,18,19)(H,20,21). The fourth-order valence-electron chi connectivity index (χ4n) is 1.73. The Morgan fingerprint density at radius 2 is 2.10 bits per heavy atom. The third-order valence-electron chi connectivity index (χ3n) is 2.88. The molecule has 0 aliphatic heterocycles. The van der Waals surface area contributed by atoms with Crippen LogP contribution in [0.4, 0.5) is 5.82 Å². The van der Waals surface area contributed by atoms with Crippen LogP contribution in [0.1, 0.15) is 21.5 Å². The van der Waals surface area contributed by atoms with Crippen LogP contribution in [0.15, 0.2) is 36.5 Å². The lowest BCUT2D eigenvalue weighted by molar-refractivity contribution is 0.0950. The summed E-state index contributed by atoms with van der Waals surface area (Å²) in [4.78, 5) is 16.1. The van der Waals surface area contributed by atoms with Crippen molar-refractivity contribution >= 4 is 23.3 Å². The molecule has 1 aromatic heterocycles. The van der Waals surface area contributed by atoms with Crippen LogP contribution in [0.5, 0.6) is 0 Å². The topological polar surface area (TPSA) is 77.8 Å². The van der Waals surface area contributed by atoms with Crippen LogP contribution in [0, 0.1) is 11.3 Å². The number of amides is 1. The zero-order valence-electron chi connectivity index (χ0n) is 11.4. The van der Waals surface area contributed by atoms with Crippen LogP contribution < -0.4 is 10.6 Å². The van der Waals surface area contributed by atoms with Gasteiger partial charge in [-0.25, -0.2) is 4.98 Å². The lowest BCUT2D eigenvalue weighted by Gasteiger charge is -2.07. The Kier molecular flexibility index (Phi) is 4.75. The van der Waals surface area contributed by atoms with Gasteiger partial charge in [-0.1, -0.05) is 23.7 Å². The summed E-state index contributed by atoms with van der Waals surface area (Å²) in [7, 11) is 1.71. The Morgan fingerprint density at radius 3 is 2.67 bits per heavy atom. The number of nitrogens with zero attached hydrogens (tertiary/aromatic N) is 2. The minimum absolute atomic E-state index is 0.253. The normalized spacial score (nSPS) is 9.76. The molecule has 6 heteroatoms. The van der Waals surface area contributed by atoms with Gasteiger partial charge in [0.25, 0.3) is 5.91 Å². The molecule has 2 rings (SSSR count). The van der Waals surface area contributed by atoms with Gasteiger partial charge in [-0.2, -0.15) is 5.26 Å². The Labute approximate surface area is 127 Å². The molecule has 0 aliphatic carbocycles. The van der Waals surface area contributed by atoms with Crippen molar-refractivity contribution in [2.45, 2.75) is 6.54 Å². The third kappa shape index (κ3) is 3.71. The molecule has 0 saturated heterocycles. The van der Waals surface area contributed by atoms with E-state index in [4.69, 9.17) is 16.9 Å². The van der Waals surface area contributed by atoms with Gasteiger partial charge in [0.15, 0.2) is 0 Å². The minimum atomic E-state index is -0.253. The number of halogens is 1. The summed E-state index contributed by atoms with van der Waals surface area (Å²) in [5, 5.41) is 14.7. The van der Waals surface area contributed by atoms with Crippen LogP contribution in [-0.2, 0) is 6.54 Å². The van der Waals surface area contributed by atoms with Crippen LogP contribution >= 0.6 is 11.6 Å². The van der Waals surface area contributed by atoms with Gasteiger partial charge >= 0.3 is 0 Å². The molecule has 21 heavy (non-hydrogen) atoms. The summed E-state index contributed by atoms with van der Waals surface area (Å²) in [6.07, 6.45) is 1.46. The molecule has 0 radical (unpaired) electrons. The second kappa shape index (κ2) is 6.73. The number of hydrogen-bond acceptors (Lipinski definition) is 4. The van der Waals surface area contributed by atoms with Crippen LogP contribution in [-0.4, -0.2) is 17.9 Å². The monoisotopic (exact) mass is 300 g/mol. The van der Waals surface area contributed by atoms with Crippen LogP contribution in [0.2, 0.25) is 5.02 Å². The quantitative estimate of drug-likeness (QED) is 0.909. The number of carbonyl (C=O) groups excluding carboxylic acids is 1. The molecule has 0 unspecified atom stereocenters. The highest BCUT2D eigenvalue weighted by molar-refractivity contribution is 6.33. The average Bonchev–Trinajstić information content (AvgIpc) is 2.53. The van der Waals surface area contributed by atoms with Crippen molar-refractivity contribution in [3.63, 3.8) is 0 Å². The van der Waals surface area contributed by atoms with Gasteiger partial charge in [-0.3, -0.25) is 4.79 Å². The van der Waals surface area contributed by atoms with Gasteiger partial charge in [0.05, 0.1) is 22.2 Å². The fraction of sp³-hybridized carbons (Fsp3) is 0.133. The summed E-state index contributed by atoms with van der Waals surface area (Å²) in [5.74, 6) is 0.275. The number of aromatic nitrogens is 1. The molecule has 0 atom stereocenters. The van der Waals surface area contributed by atoms with Crippen LogP contribution in [0.3, 0.4) is 0 Å². The Balaban J connectivity index is 2.01. The molecule has 0 saturated carbocycles. The third-order valence-corrected chi connectivity index (χ3v) is 3.16. The highest BCUT2D eigenvalue weighted by Crippen LogP contribution is 2.19. The second-order valence-corrected chi connectivity index (χ2v) is 4.70. The molecule has 2 N–H and O–H groups in total. The largest absolute Gasteiger partial charge is 0.372 e. The minimum Gasteiger partial charge on any atom is -0.372 e. The number of pyridine rings is 1. The molecule has 0 fully saturated rings. The van der Waals surface area contributed by atoms with Crippen molar-refractivity contribution in [1.29, 1.82) is 5.26 Å². The number of anilines is 1. The highest BCUT2D eigenvalue weighted by atomic mass is 35.5. The van der Waals surface area contributed by atoms with Crippen molar-refractivity contribution in [3.8, 4) is 6.07 Å². The summed E-state index contributed by atoms with van der Waals surface area (Å²) in [6.45, 7) is 0.371. The van der Waals surface area contributed by atoms with Crippen molar-refractivity contribution in [2.75, 3.05) is 12.4 Å². The maximum atomic E-state index is 12.0. The van der Waals surface area contributed by atoms with E-state index in [0.29, 0.717) is 28.5 Å². The molecule has 5 nitrogen and oxygen atoms in total. The van der Waals surface area contributed by atoms with Gasteiger partial charge in [0.1, 0.15) is 5.82 Å². The summed E-state index contributed by atoms with van der Waals surface area (Å²) >= 11 is 5.99. The number of rotatable bonds is 4. The molecule has 106 valence electrons. The zero-order valence-corrected chi connectivity index (χ0v) is 12.1. The van der Waals surface area contributed by atoms with Crippen molar-refractivity contribution < 1.29 is 4.79 Å². The maximum absolute atomic E-state index is 12.0. The van der Waals surface area contributed by atoms with E-state index < -0.39 is 0 Å². The first kappa shape index (κ1) is 14.8. The predicted octanol–water partition coefficient (Wildman–Crippen LogP) is 2.58. The molecule has 2 aromatic rings. The Hall–Kier alpha value is -2.58. The number of benzene rings is 1. The smallest absolute Gasteiger partial charge is 0.253 e. The lowest BCUT2D eigenvalue weighted by Crippen LogP contribution is -2.23. The number of carbonyl (C=O) groups is 1. The fourth-order valence-corrected chi connectivity index (χ4v) is 1.99. The molecule has 1 amide bonds. The zero-order chi connectivity index (χ0) is 15.2. The molecular formula is C15H13ClN4O. The second-order valence-electron chi connectivity index (χ2n) is 4.30. The van der Waals surface area contributed by atoms with E-state index in [2.05, 4.69) is 15.6 Å². The van der Waals surface area contributed by atoms with Gasteiger partial charge < -0.3 is 10.6 Å². The van der Waals surface area contributed by atoms with E-state index in [1.165, 1.54) is 6.20 Å². The van der Waals surface area contributed by atoms with Crippen LogP contribution in [0.25, 0.3) is 0 Å². The van der Waals surface area contributed by atoms with Gasteiger partial charge in [0, 0.05) is 19.8 Å². The Bertz CT molecular complexity index is 692. The first-order valence-corrected chi connectivity index (χ1v) is 6.62. The van der Waals surface area contributed by atoms with Crippen molar-refractivity contribution in [3.05, 3.63) is 58.2 Å². The number of hydrogen-bond donors (Lipinski definition) is 2. The van der Waals surface area contributed by atoms with Crippen molar-refractivity contribution in [2.24, 2.45) is 0 Å². The van der Waals surface area contributed by atoms with E-state index in [9.17, 15) is 4.79 Å². The molecular weight excluding hydrogens is 288 g/mol. The maximum Gasteiger partial charge on any atom is 0.253 e. The first-order chi connectivity index (χ1) is 10.1. The van der Waals surface area contributed by atoms with Gasteiger partial charge in [-0.15, -0.1) is 0 Å². The van der Waals surface area contributed by atoms with E-state index in [-0.39, 0.29) is 5.91 Å². The van der Waals surface area contributed by atoms with E-state index in [1.54, 1.807) is 37.4 Å². The summed E-state index contributed by atoms with van der Waals surface area (Å²) < 4.78 is 0. The SMILES string of the molecule is CNc1ncc(C(=O)NCc2ccc(C#N)cc2)cc1Cl. The number of nitriles is 1. The van der Waals surface area contributed by atoms with Crippen molar-refractivity contribution in [1.82, 2.24) is 10.3 Å². The van der Waals surface area contributed by atoms with Gasteiger partial charge in [-0.05, 0) is 23.8 Å². The van der Waals surface area contributed by atoms with E-state index in [1.807, 2.05) is 6.07 Å². The molecule has 1 aromatic carbocycles. The molecule has 1 heterocycles. The first-order valence-electron chi connectivity index (χ1n) is 6.24. The summed E-state index contributed by atoms with van der Waals surface area (Å²) in [5.41, 5.74) is 1.89. The van der Waals surface area contributed by atoms with E-state index in [0.717, 1.165) is 5.56 Å². The Morgan fingerprint density at radius 1 is 1.38 bits per heavy atom. The molecule has 0 aliphatic rings. The molecule has 0 spiro atoms. The highest BCUT2D eigenvalue weighted by Gasteiger charge is 2.09. The van der Waals surface area contributed by atoms with E-state index >= 15 is 0 Å². The summed E-state index contributed by atoms with van der Waals surface area (Å²) in [6, 6.07) is 10.6.